The zero-order valence-corrected chi connectivity index (χ0v) is 12.8. The molecule has 2 atom stereocenters. The summed E-state index contributed by atoms with van der Waals surface area (Å²) in [6.45, 7) is 6.32. The lowest BCUT2D eigenvalue weighted by atomic mass is 9.80. The van der Waals surface area contributed by atoms with E-state index in [9.17, 15) is 13.2 Å². The molecule has 1 aromatic carbocycles. The number of halogens is 3. The lowest BCUT2D eigenvalue weighted by Crippen LogP contribution is -2.38. The average Bonchev–Trinajstić information content (AvgIpc) is 2.48. The second-order valence-corrected chi connectivity index (χ2v) is 5.86. The second-order valence-electron chi connectivity index (χ2n) is 5.86. The second kappa shape index (κ2) is 6.82. The smallest absolute Gasteiger partial charge is 0.301 e. The topological polar surface area (TPSA) is 3.24 Å². The summed E-state index contributed by atoms with van der Waals surface area (Å²) in [6, 6.07) is 6.40. The van der Waals surface area contributed by atoms with Gasteiger partial charge < -0.3 is 4.90 Å². The van der Waals surface area contributed by atoms with Crippen LogP contribution in [0.15, 0.2) is 24.3 Å². The fourth-order valence-corrected chi connectivity index (χ4v) is 3.51. The third kappa shape index (κ3) is 4.00. The zero-order valence-electron chi connectivity index (χ0n) is 12.8. The molecule has 0 N–H and O–H groups in total. The first-order valence-corrected chi connectivity index (χ1v) is 7.86. The highest BCUT2D eigenvalue weighted by atomic mass is 19.4. The Balaban J connectivity index is 2.14. The summed E-state index contributed by atoms with van der Waals surface area (Å²) >= 11 is 0. The van der Waals surface area contributed by atoms with E-state index in [4.69, 9.17) is 0 Å². The molecule has 0 radical (unpaired) electrons. The van der Waals surface area contributed by atoms with Gasteiger partial charge in [-0.15, -0.1) is 0 Å². The predicted octanol–water partition coefficient (Wildman–Crippen LogP) is 5.07. The Kier molecular flexibility index (Phi) is 5.31. The third-order valence-electron chi connectivity index (χ3n) is 4.66. The molecular formula is C17H24F3N. The van der Waals surface area contributed by atoms with Gasteiger partial charge in [0.25, 0.3) is 0 Å². The summed E-state index contributed by atoms with van der Waals surface area (Å²) < 4.78 is 38.5. The maximum atomic E-state index is 12.8. The van der Waals surface area contributed by atoms with Gasteiger partial charge in [-0.1, -0.05) is 38.5 Å². The Bertz CT molecular complexity index is 452. The van der Waals surface area contributed by atoms with Gasteiger partial charge in [0.05, 0.1) is 5.56 Å². The Labute approximate surface area is 125 Å². The summed E-state index contributed by atoms with van der Waals surface area (Å²) in [4.78, 5) is 2.43. The van der Waals surface area contributed by atoms with Crippen molar-refractivity contribution in [1.82, 2.24) is 4.90 Å². The van der Waals surface area contributed by atoms with Gasteiger partial charge in [0.1, 0.15) is 0 Å². The van der Waals surface area contributed by atoms with Crippen molar-refractivity contribution in [1.29, 1.82) is 0 Å². The number of nitrogens with zero attached hydrogens (tertiary/aromatic N) is 1. The summed E-state index contributed by atoms with van der Waals surface area (Å²) in [5.74, 6) is 0.256. The van der Waals surface area contributed by atoms with E-state index in [0.29, 0.717) is 6.04 Å². The van der Waals surface area contributed by atoms with Gasteiger partial charge in [0.2, 0.25) is 0 Å². The molecule has 1 aromatic rings. The SMILES string of the molecule is CCN(CC)C1CCCC(c2cccc(C(F)(F)F)c2)C1. The van der Waals surface area contributed by atoms with Crippen molar-refractivity contribution in [2.45, 2.75) is 57.7 Å². The average molecular weight is 299 g/mol. The molecule has 4 heteroatoms. The Hall–Kier alpha value is -1.03. The third-order valence-corrected chi connectivity index (χ3v) is 4.66. The summed E-state index contributed by atoms with van der Waals surface area (Å²) in [7, 11) is 0. The number of hydrogen-bond acceptors (Lipinski definition) is 1. The van der Waals surface area contributed by atoms with Crippen molar-refractivity contribution in [3.63, 3.8) is 0 Å². The molecule has 1 aliphatic carbocycles. The van der Waals surface area contributed by atoms with Crippen molar-refractivity contribution in [3.8, 4) is 0 Å². The first-order chi connectivity index (χ1) is 9.95. The first kappa shape index (κ1) is 16.3. The van der Waals surface area contributed by atoms with E-state index in [2.05, 4.69) is 18.7 Å². The van der Waals surface area contributed by atoms with E-state index in [0.717, 1.165) is 50.4 Å². The van der Waals surface area contributed by atoms with Crippen LogP contribution in [0.3, 0.4) is 0 Å². The van der Waals surface area contributed by atoms with E-state index < -0.39 is 11.7 Å². The molecule has 0 aromatic heterocycles. The van der Waals surface area contributed by atoms with Crippen LogP contribution in [-0.4, -0.2) is 24.0 Å². The quantitative estimate of drug-likeness (QED) is 0.750. The van der Waals surface area contributed by atoms with Crippen LogP contribution in [-0.2, 0) is 6.18 Å². The standard InChI is InChI=1S/C17H24F3N/c1-3-21(4-2)16-10-6-8-14(12-16)13-7-5-9-15(11-13)17(18,19)20/h5,7,9,11,14,16H,3-4,6,8,10,12H2,1-2H3. The van der Waals surface area contributed by atoms with E-state index in [1.807, 2.05) is 6.07 Å². The first-order valence-electron chi connectivity index (χ1n) is 7.86. The van der Waals surface area contributed by atoms with E-state index >= 15 is 0 Å². The van der Waals surface area contributed by atoms with Crippen LogP contribution in [0.5, 0.6) is 0 Å². The highest BCUT2D eigenvalue weighted by molar-refractivity contribution is 5.28. The predicted molar refractivity (Wildman–Crippen MR) is 79.4 cm³/mol. The normalized spacial score (nSPS) is 23.5. The van der Waals surface area contributed by atoms with E-state index in [1.165, 1.54) is 6.07 Å². The lowest BCUT2D eigenvalue weighted by molar-refractivity contribution is -0.137. The van der Waals surface area contributed by atoms with Gasteiger partial charge in [-0.3, -0.25) is 0 Å². The summed E-state index contributed by atoms with van der Waals surface area (Å²) in [5.41, 5.74) is 0.326. The summed E-state index contributed by atoms with van der Waals surface area (Å²) in [5, 5.41) is 0. The fourth-order valence-electron chi connectivity index (χ4n) is 3.51. The number of alkyl halides is 3. The Morgan fingerprint density at radius 3 is 2.48 bits per heavy atom. The van der Waals surface area contributed by atoms with Gasteiger partial charge in [-0.2, -0.15) is 13.2 Å². The molecule has 1 saturated carbocycles. The molecule has 118 valence electrons. The van der Waals surface area contributed by atoms with Gasteiger partial charge in [0, 0.05) is 6.04 Å². The largest absolute Gasteiger partial charge is 0.416 e. The minimum absolute atomic E-state index is 0.256. The monoisotopic (exact) mass is 299 g/mol. The Morgan fingerprint density at radius 1 is 1.14 bits per heavy atom. The molecule has 0 bridgehead atoms. The van der Waals surface area contributed by atoms with Gasteiger partial charge >= 0.3 is 6.18 Å². The maximum absolute atomic E-state index is 12.8. The molecule has 1 aliphatic rings. The van der Waals surface area contributed by atoms with Crippen molar-refractivity contribution >= 4 is 0 Å². The van der Waals surface area contributed by atoms with Crippen LogP contribution in [0.4, 0.5) is 13.2 Å². The molecule has 0 spiro atoms. The minimum Gasteiger partial charge on any atom is -0.301 e. The number of hydrogen-bond donors (Lipinski definition) is 0. The van der Waals surface area contributed by atoms with E-state index in [1.54, 1.807) is 6.07 Å². The van der Waals surface area contributed by atoms with Gasteiger partial charge in [0.15, 0.2) is 0 Å². The fraction of sp³-hybridized carbons (Fsp3) is 0.647. The van der Waals surface area contributed by atoms with Crippen LogP contribution in [0.25, 0.3) is 0 Å². The van der Waals surface area contributed by atoms with Crippen molar-refractivity contribution < 1.29 is 13.2 Å². The highest BCUT2D eigenvalue weighted by Crippen LogP contribution is 2.37. The molecule has 21 heavy (non-hydrogen) atoms. The molecule has 0 amide bonds. The van der Waals surface area contributed by atoms with Gasteiger partial charge in [-0.05, 0) is 49.9 Å². The zero-order chi connectivity index (χ0) is 15.5. The van der Waals surface area contributed by atoms with Crippen LogP contribution < -0.4 is 0 Å². The van der Waals surface area contributed by atoms with Crippen LogP contribution in [0.1, 0.15) is 56.6 Å². The molecule has 1 nitrogen and oxygen atoms in total. The molecule has 0 aliphatic heterocycles. The van der Waals surface area contributed by atoms with E-state index in [-0.39, 0.29) is 5.92 Å². The van der Waals surface area contributed by atoms with Gasteiger partial charge in [-0.25, -0.2) is 0 Å². The molecule has 2 unspecified atom stereocenters. The summed E-state index contributed by atoms with van der Waals surface area (Å²) in [6.07, 6.45) is -0.00968. The minimum atomic E-state index is -4.25. The Morgan fingerprint density at radius 2 is 1.86 bits per heavy atom. The highest BCUT2D eigenvalue weighted by Gasteiger charge is 2.32. The molecule has 1 fully saturated rings. The molecular weight excluding hydrogens is 275 g/mol. The van der Waals surface area contributed by atoms with Crippen LogP contribution in [0.2, 0.25) is 0 Å². The number of benzene rings is 1. The van der Waals surface area contributed by atoms with Crippen molar-refractivity contribution in [2.75, 3.05) is 13.1 Å². The molecule has 2 rings (SSSR count). The molecule has 0 heterocycles. The van der Waals surface area contributed by atoms with Crippen LogP contribution >= 0.6 is 0 Å². The lowest BCUT2D eigenvalue weighted by Gasteiger charge is -2.36. The van der Waals surface area contributed by atoms with Crippen molar-refractivity contribution in [2.24, 2.45) is 0 Å². The number of rotatable bonds is 4. The molecule has 0 saturated heterocycles. The van der Waals surface area contributed by atoms with Crippen molar-refractivity contribution in [3.05, 3.63) is 35.4 Å². The van der Waals surface area contributed by atoms with Crippen LogP contribution in [0, 0.1) is 0 Å². The maximum Gasteiger partial charge on any atom is 0.416 e.